The Morgan fingerprint density at radius 2 is 1.55 bits per heavy atom. The summed E-state index contributed by atoms with van der Waals surface area (Å²) in [7, 11) is 0.890. The Morgan fingerprint density at radius 1 is 0.909 bits per heavy atom. The van der Waals surface area contributed by atoms with E-state index in [-0.39, 0.29) is 0 Å². The molecule has 0 amide bonds. The zero-order chi connectivity index (χ0) is 15.6. The van der Waals surface area contributed by atoms with E-state index in [4.69, 9.17) is 0 Å². The first-order valence-corrected chi connectivity index (χ1v) is 9.01. The molecule has 22 heavy (non-hydrogen) atoms. The van der Waals surface area contributed by atoms with E-state index in [1.54, 1.807) is 0 Å². The molecule has 116 valence electrons. The van der Waals surface area contributed by atoms with Crippen molar-refractivity contribution in [3.8, 4) is 11.1 Å². The lowest BCUT2D eigenvalue weighted by Gasteiger charge is -2.16. The molecule has 0 aliphatic heterocycles. The third-order valence-electron chi connectivity index (χ3n) is 3.94. The van der Waals surface area contributed by atoms with Gasteiger partial charge in [-0.3, -0.25) is 0 Å². The van der Waals surface area contributed by atoms with Crippen LogP contribution in [0, 0.1) is 0 Å². The van der Waals surface area contributed by atoms with Crippen LogP contribution in [0.25, 0.3) is 16.7 Å². The maximum absolute atomic E-state index is 4.68. The van der Waals surface area contributed by atoms with E-state index in [0.717, 1.165) is 17.1 Å². The van der Waals surface area contributed by atoms with Gasteiger partial charge in [0.05, 0.1) is 0 Å². The fourth-order valence-corrected chi connectivity index (χ4v) is 2.72. The summed E-state index contributed by atoms with van der Waals surface area (Å²) in [4.78, 5) is 0. The van der Waals surface area contributed by atoms with E-state index in [9.17, 15) is 0 Å². The summed E-state index contributed by atoms with van der Waals surface area (Å²) in [5.74, 6) is 0. The largest absolute Gasteiger partial charge is 0.428 e. The lowest BCUT2D eigenvalue weighted by Crippen LogP contribution is -1.94. The molecule has 0 heterocycles. The maximum Gasteiger partial charge on any atom is 0.145 e. The van der Waals surface area contributed by atoms with Crippen molar-refractivity contribution in [1.82, 2.24) is 0 Å². The smallest absolute Gasteiger partial charge is 0.145 e. The molecule has 1 aliphatic carbocycles. The third kappa shape index (κ3) is 4.69. The molecule has 0 atom stereocenters. The highest BCUT2D eigenvalue weighted by molar-refractivity contribution is 5.97. The van der Waals surface area contributed by atoms with Crippen molar-refractivity contribution in [2.24, 2.45) is 0 Å². The molecule has 0 bridgehead atoms. The van der Waals surface area contributed by atoms with Gasteiger partial charge < -0.3 is 4.43 Å². The number of allylic oxidation sites excluding steroid dienone is 2. The van der Waals surface area contributed by atoms with Crippen LogP contribution in [0.4, 0.5) is 0 Å². The zero-order valence-electron chi connectivity index (χ0n) is 13.7. The normalized spacial score (nSPS) is 14.0. The van der Waals surface area contributed by atoms with E-state index < -0.39 is 0 Å². The van der Waals surface area contributed by atoms with Gasteiger partial charge in [0.1, 0.15) is 10.5 Å². The van der Waals surface area contributed by atoms with Crippen molar-refractivity contribution in [2.75, 3.05) is 6.61 Å². The maximum atomic E-state index is 4.68. The Hall–Kier alpha value is -1.64. The second kappa shape index (κ2) is 9.39. The monoisotopic (exact) mass is 310 g/mol. The summed E-state index contributed by atoms with van der Waals surface area (Å²) in [5, 5.41) is 0. The molecule has 0 spiro atoms. The fourth-order valence-electron chi connectivity index (χ4n) is 2.72. The molecule has 0 aromatic heterocycles. The highest BCUT2D eigenvalue weighted by atomic mass is 28.2. The summed E-state index contributed by atoms with van der Waals surface area (Å²) in [6.07, 6.45) is 7.56. The minimum atomic E-state index is 0.881. The van der Waals surface area contributed by atoms with Crippen LogP contribution in [0.1, 0.15) is 38.2 Å². The molecule has 1 nitrogen and oxygen atoms in total. The lowest BCUT2D eigenvalue weighted by atomic mass is 9.88. The standard InChI is InChI=1S/C18H18.C2H8OSi/c1-3-9-15(10-4-1)17-13-7-8-14-18(17)16-11-5-2-6-12-16;1-2-3-4/h1,3-4,7-11,13-14H,2,5-6,12H2;2H2,1,4H3. The third-order valence-corrected chi connectivity index (χ3v) is 4.51. The number of rotatable bonds is 3. The van der Waals surface area contributed by atoms with E-state index >= 15 is 0 Å². The van der Waals surface area contributed by atoms with Gasteiger partial charge >= 0.3 is 0 Å². The van der Waals surface area contributed by atoms with Crippen LogP contribution in [0.5, 0.6) is 0 Å². The van der Waals surface area contributed by atoms with E-state index in [1.165, 1.54) is 47.9 Å². The van der Waals surface area contributed by atoms with Gasteiger partial charge in [-0.25, -0.2) is 0 Å². The molecular formula is C20H26OSi. The Labute approximate surface area is 137 Å². The van der Waals surface area contributed by atoms with Gasteiger partial charge in [0, 0.05) is 6.61 Å². The van der Waals surface area contributed by atoms with E-state index in [2.05, 4.69) is 65.1 Å². The van der Waals surface area contributed by atoms with Gasteiger partial charge in [0.25, 0.3) is 0 Å². The molecular weight excluding hydrogens is 284 g/mol. The zero-order valence-corrected chi connectivity index (χ0v) is 15.7. The minimum absolute atomic E-state index is 0.881. The average Bonchev–Trinajstić information content (AvgIpc) is 2.63. The Kier molecular flexibility index (Phi) is 7.14. The molecule has 1 aliphatic rings. The molecule has 0 fully saturated rings. The predicted molar refractivity (Wildman–Crippen MR) is 99.9 cm³/mol. The molecule has 2 heteroatoms. The SMILES string of the molecule is C1=C(c2ccccc2-c2ccccc2)CCCC1.CCO[SiH3]. The van der Waals surface area contributed by atoms with Crippen LogP contribution in [-0.2, 0) is 4.43 Å². The van der Waals surface area contributed by atoms with Crippen molar-refractivity contribution >= 4 is 16.1 Å². The predicted octanol–water partition coefficient (Wildman–Crippen LogP) is 4.61. The van der Waals surface area contributed by atoms with Gasteiger partial charge in [-0.05, 0) is 54.9 Å². The summed E-state index contributed by atoms with van der Waals surface area (Å²) < 4.78 is 4.68. The lowest BCUT2D eigenvalue weighted by molar-refractivity contribution is 0.375. The first kappa shape index (κ1) is 16.7. The van der Waals surface area contributed by atoms with Crippen LogP contribution in [0.2, 0.25) is 0 Å². The van der Waals surface area contributed by atoms with Gasteiger partial charge in [-0.15, -0.1) is 0 Å². The van der Waals surface area contributed by atoms with Crippen LogP contribution in [-0.4, -0.2) is 17.1 Å². The van der Waals surface area contributed by atoms with Crippen LogP contribution in [0.15, 0.2) is 60.7 Å². The minimum Gasteiger partial charge on any atom is -0.428 e. The summed E-state index contributed by atoms with van der Waals surface area (Å²) in [6.45, 7) is 2.87. The Bertz CT molecular complexity index is 588. The van der Waals surface area contributed by atoms with Crippen molar-refractivity contribution in [1.29, 1.82) is 0 Å². The van der Waals surface area contributed by atoms with Crippen molar-refractivity contribution < 1.29 is 4.43 Å². The number of benzene rings is 2. The molecule has 2 aromatic carbocycles. The van der Waals surface area contributed by atoms with E-state index in [1.807, 2.05) is 6.92 Å². The molecule has 0 saturated carbocycles. The molecule has 0 saturated heterocycles. The van der Waals surface area contributed by atoms with Gasteiger partial charge in [0.15, 0.2) is 0 Å². The molecule has 3 rings (SSSR count). The van der Waals surface area contributed by atoms with Crippen molar-refractivity contribution in [3.05, 3.63) is 66.2 Å². The second-order valence-electron chi connectivity index (χ2n) is 5.46. The average molecular weight is 311 g/mol. The molecule has 0 N–H and O–H groups in total. The van der Waals surface area contributed by atoms with Crippen molar-refractivity contribution in [2.45, 2.75) is 32.6 Å². The fraction of sp³-hybridized carbons (Fsp3) is 0.300. The Balaban J connectivity index is 0.000000396. The molecule has 0 radical (unpaired) electrons. The quantitative estimate of drug-likeness (QED) is 0.752. The van der Waals surface area contributed by atoms with Crippen LogP contribution < -0.4 is 0 Å². The topological polar surface area (TPSA) is 9.23 Å². The summed E-state index contributed by atoms with van der Waals surface area (Å²) in [5.41, 5.74) is 5.63. The second-order valence-corrected chi connectivity index (χ2v) is 6.04. The first-order chi connectivity index (χ1) is 10.9. The van der Waals surface area contributed by atoms with Gasteiger partial charge in [-0.2, -0.15) is 0 Å². The summed E-state index contributed by atoms with van der Waals surface area (Å²) in [6, 6.07) is 19.5. The van der Waals surface area contributed by atoms with Gasteiger partial charge in [-0.1, -0.05) is 60.7 Å². The van der Waals surface area contributed by atoms with Gasteiger partial charge in [0.2, 0.25) is 0 Å². The Morgan fingerprint density at radius 3 is 2.14 bits per heavy atom. The molecule has 2 aromatic rings. The van der Waals surface area contributed by atoms with Crippen LogP contribution in [0.3, 0.4) is 0 Å². The summed E-state index contributed by atoms with van der Waals surface area (Å²) >= 11 is 0. The highest BCUT2D eigenvalue weighted by Crippen LogP contribution is 2.33. The van der Waals surface area contributed by atoms with Crippen LogP contribution >= 0.6 is 0 Å². The highest BCUT2D eigenvalue weighted by Gasteiger charge is 2.10. The molecule has 0 unspecified atom stereocenters. The number of hydrogen-bond donors (Lipinski definition) is 0. The number of hydrogen-bond acceptors (Lipinski definition) is 1. The van der Waals surface area contributed by atoms with Crippen molar-refractivity contribution in [3.63, 3.8) is 0 Å². The van der Waals surface area contributed by atoms with E-state index in [0.29, 0.717) is 0 Å². The first-order valence-electron chi connectivity index (χ1n) is 8.19.